The number of carbonyl (C=O) groups excluding carboxylic acids is 1. The topological polar surface area (TPSA) is 99.6 Å². The molecule has 0 spiro atoms. The maximum Gasteiger partial charge on any atom is 0.274 e. The minimum absolute atomic E-state index is 0.180. The molecule has 0 aliphatic carbocycles. The molecule has 10 nitrogen and oxygen atoms in total. The first-order chi connectivity index (χ1) is 14.5. The first-order valence-electron chi connectivity index (χ1n) is 9.37. The predicted molar refractivity (Wildman–Crippen MR) is 112 cm³/mol. The van der Waals surface area contributed by atoms with E-state index in [2.05, 4.69) is 41.5 Å². The lowest BCUT2D eigenvalue weighted by molar-refractivity contribution is 0.0774. The van der Waals surface area contributed by atoms with Crippen molar-refractivity contribution < 1.29 is 4.79 Å². The number of aryl methyl sites for hydroxylation is 1. The largest absolute Gasteiger partial charge is 0.334 e. The first-order valence-corrected chi connectivity index (χ1v) is 10.2. The standard InChI is InChI=1S/C19H20BrN9O/c1-3-28-17(15(20)11-21-28)12-26(2)19(30)16-9-10-27(23-16)13-29-24-18(22-25-29)14-7-5-4-6-8-14/h4-11H,3,12-13H2,1-2H3. The van der Waals surface area contributed by atoms with E-state index in [0.29, 0.717) is 18.1 Å². The summed E-state index contributed by atoms with van der Waals surface area (Å²) >= 11 is 3.49. The average Bonchev–Trinajstić information content (AvgIpc) is 3.50. The fraction of sp³-hybridized carbons (Fsp3) is 0.263. The van der Waals surface area contributed by atoms with Crippen LogP contribution in [0, 0.1) is 0 Å². The van der Waals surface area contributed by atoms with E-state index in [0.717, 1.165) is 22.3 Å². The van der Waals surface area contributed by atoms with E-state index in [1.807, 2.05) is 41.9 Å². The van der Waals surface area contributed by atoms with Crippen molar-refractivity contribution in [1.82, 2.24) is 44.7 Å². The maximum atomic E-state index is 12.8. The molecular formula is C19H20BrN9O. The van der Waals surface area contributed by atoms with Crippen molar-refractivity contribution in [2.45, 2.75) is 26.7 Å². The summed E-state index contributed by atoms with van der Waals surface area (Å²) in [4.78, 5) is 15.8. The molecule has 0 saturated carbocycles. The lowest BCUT2D eigenvalue weighted by Crippen LogP contribution is -2.28. The van der Waals surface area contributed by atoms with Crippen LogP contribution in [0.4, 0.5) is 0 Å². The van der Waals surface area contributed by atoms with Crippen molar-refractivity contribution >= 4 is 21.8 Å². The van der Waals surface area contributed by atoms with Gasteiger partial charge in [-0.25, -0.2) is 4.68 Å². The van der Waals surface area contributed by atoms with Gasteiger partial charge in [0.05, 0.1) is 22.9 Å². The molecule has 0 fully saturated rings. The zero-order valence-electron chi connectivity index (χ0n) is 16.6. The Labute approximate surface area is 181 Å². The third kappa shape index (κ3) is 4.15. The van der Waals surface area contributed by atoms with Gasteiger partial charge in [-0.3, -0.25) is 9.48 Å². The SMILES string of the molecule is CCn1ncc(Br)c1CN(C)C(=O)c1ccn(Cn2nnc(-c3ccccc3)n2)n1. The molecule has 1 aromatic carbocycles. The lowest BCUT2D eigenvalue weighted by atomic mass is 10.2. The van der Waals surface area contributed by atoms with Gasteiger partial charge in [-0.2, -0.15) is 10.2 Å². The summed E-state index contributed by atoms with van der Waals surface area (Å²) < 4.78 is 4.33. The van der Waals surface area contributed by atoms with Crippen molar-refractivity contribution in [3.63, 3.8) is 0 Å². The fourth-order valence-electron chi connectivity index (χ4n) is 3.00. The van der Waals surface area contributed by atoms with Gasteiger partial charge in [0, 0.05) is 25.4 Å². The van der Waals surface area contributed by atoms with E-state index < -0.39 is 0 Å². The molecule has 0 radical (unpaired) electrons. The van der Waals surface area contributed by atoms with Crippen LogP contribution in [-0.2, 0) is 19.8 Å². The molecule has 3 aromatic heterocycles. The second-order valence-corrected chi connectivity index (χ2v) is 7.50. The third-order valence-corrected chi connectivity index (χ3v) is 5.21. The van der Waals surface area contributed by atoms with Crippen LogP contribution in [0.15, 0.2) is 53.3 Å². The highest BCUT2D eigenvalue weighted by Crippen LogP contribution is 2.18. The number of benzene rings is 1. The van der Waals surface area contributed by atoms with Crippen LogP contribution in [-0.4, -0.2) is 57.6 Å². The number of halogens is 1. The molecule has 4 rings (SSSR count). The molecule has 1 amide bonds. The highest BCUT2D eigenvalue weighted by molar-refractivity contribution is 9.10. The van der Waals surface area contributed by atoms with Gasteiger partial charge in [0.1, 0.15) is 5.69 Å². The van der Waals surface area contributed by atoms with Crippen LogP contribution in [0.5, 0.6) is 0 Å². The van der Waals surface area contributed by atoms with Crippen molar-refractivity contribution in [2.75, 3.05) is 7.05 Å². The van der Waals surface area contributed by atoms with Gasteiger partial charge in [-0.1, -0.05) is 30.3 Å². The molecule has 154 valence electrons. The van der Waals surface area contributed by atoms with Crippen LogP contribution < -0.4 is 0 Å². The predicted octanol–water partition coefficient (Wildman–Crippen LogP) is 2.29. The highest BCUT2D eigenvalue weighted by atomic mass is 79.9. The molecule has 3 heterocycles. The van der Waals surface area contributed by atoms with E-state index in [1.54, 1.807) is 35.1 Å². The Morgan fingerprint density at radius 1 is 1.17 bits per heavy atom. The van der Waals surface area contributed by atoms with E-state index in [9.17, 15) is 4.79 Å². The number of hydrogen-bond donors (Lipinski definition) is 0. The smallest absolute Gasteiger partial charge is 0.274 e. The van der Waals surface area contributed by atoms with Crippen molar-refractivity contribution in [1.29, 1.82) is 0 Å². The molecule has 30 heavy (non-hydrogen) atoms. The summed E-state index contributed by atoms with van der Waals surface area (Å²) in [5.74, 6) is 0.359. The summed E-state index contributed by atoms with van der Waals surface area (Å²) in [6.07, 6.45) is 3.46. The lowest BCUT2D eigenvalue weighted by Gasteiger charge is -2.17. The average molecular weight is 470 g/mol. The molecule has 11 heteroatoms. The Morgan fingerprint density at radius 2 is 1.97 bits per heavy atom. The quantitative estimate of drug-likeness (QED) is 0.411. The van der Waals surface area contributed by atoms with E-state index >= 15 is 0 Å². The Bertz CT molecular complexity index is 1150. The van der Waals surface area contributed by atoms with Gasteiger partial charge < -0.3 is 4.90 Å². The Kier molecular flexibility index (Phi) is 5.70. The summed E-state index contributed by atoms with van der Waals surface area (Å²) in [6, 6.07) is 11.3. The number of nitrogens with zero attached hydrogens (tertiary/aromatic N) is 9. The second kappa shape index (κ2) is 8.57. The Balaban J connectivity index is 1.43. The van der Waals surface area contributed by atoms with Crippen LogP contribution >= 0.6 is 15.9 Å². The van der Waals surface area contributed by atoms with Crippen molar-refractivity contribution in [2.24, 2.45) is 0 Å². The molecule has 0 saturated heterocycles. The van der Waals surface area contributed by atoms with Crippen LogP contribution in [0.2, 0.25) is 0 Å². The maximum absolute atomic E-state index is 12.8. The van der Waals surface area contributed by atoms with Crippen molar-refractivity contribution in [3.8, 4) is 11.4 Å². The fourth-order valence-corrected chi connectivity index (χ4v) is 3.42. The number of rotatable bonds is 7. The van der Waals surface area contributed by atoms with Gasteiger partial charge in [-0.05, 0) is 34.1 Å². The number of hydrogen-bond acceptors (Lipinski definition) is 6. The minimum atomic E-state index is -0.180. The number of amides is 1. The monoisotopic (exact) mass is 469 g/mol. The first kappa shape index (κ1) is 20.0. The molecule has 0 aliphatic heterocycles. The molecule has 4 aromatic rings. The number of aromatic nitrogens is 8. The Morgan fingerprint density at radius 3 is 2.73 bits per heavy atom. The highest BCUT2D eigenvalue weighted by Gasteiger charge is 2.18. The van der Waals surface area contributed by atoms with E-state index in [-0.39, 0.29) is 12.6 Å². The van der Waals surface area contributed by atoms with Gasteiger partial charge >= 0.3 is 0 Å². The van der Waals surface area contributed by atoms with Gasteiger partial charge in [0.25, 0.3) is 5.91 Å². The molecule has 0 N–H and O–H groups in total. The minimum Gasteiger partial charge on any atom is -0.334 e. The Hall–Kier alpha value is -3.34. The van der Waals surface area contributed by atoms with Gasteiger partial charge in [0.15, 0.2) is 6.67 Å². The molecular weight excluding hydrogens is 450 g/mol. The number of carbonyl (C=O) groups is 1. The van der Waals surface area contributed by atoms with Crippen LogP contribution in [0.25, 0.3) is 11.4 Å². The molecule has 0 bridgehead atoms. The van der Waals surface area contributed by atoms with Gasteiger partial charge in [-0.15, -0.1) is 15.0 Å². The van der Waals surface area contributed by atoms with E-state index in [1.165, 1.54) is 4.80 Å². The number of tetrazole rings is 1. The summed E-state index contributed by atoms with van der Waals surface area (Å²) in [5.41, 5.74) is 2.17. The zero-order chi connectivity index (χ0) is 21.1. The molecule has 0 unspecified atom stereocenters. The zero-order valence-corrected chi connectivity index (χ0v) is 18.1. The molecule has 0 atom stereocenters. The summed E-state index contributed by atoms with van der Waals surface area (Å²) in [5, 5.41) is 21.1. The van der Waals surface area contributed by atoms with E-state index in [4.69, 9.17) is 0 Å². The second-order valence-electron chi connectivity index (χ2n) is 6.65. The summed E-state index contributed by atoms with van der Waals surface area (Å²) in [7, 11) is 1.74. The normalized spacial score (nSPS) is 11.0. The third-order valence-electron chi connectivity index (χ3n) is 4.55. The van der Waals surface area contributed by atoms with Crippen LogP contribution in [0.3, 0.4) is 0 Å². The van der Waals surface area contributed by atoms with Crippen LogP contribution in [0.1, 0.15) is 23.1 Å². The summed E-state index contributed by atoms with van der Waals surface area (Å²) in [6.45, 7) is 3.41. The molecule has 0 aliphatic rings. The van der Waals surface area contributed by atoms with Gasteiger partial charge in [0.2, 0.25) is 5.82 Å². The van der Waals surface area contributed by atoms with Crippen molar-refractivity contribution in [3.05, 3.63) is 64.7 Å².